The highest BCUT2D eigenvalue weighted by Crippen LogP contribution is 2.46. The van der Waals surface area contributed by atoms with Crippen LogP contribution in [0.4, 0.5) is 0 Å². The number of benzene rings is 1. The van der Waals surface area contributed by atoms with Crippen LogP contribution in [-0.2, 0) is 16.4 Å². The molecule has 204 valence electrons. The second-order valence-corrected chi connectivity index (χ2v) is 11.5. The summed E-state index contributed by atoms with van der Waals surface area (Å²) in [5.41, 5.74) is 4.25. The van der Waals surface area contributed by atoms with Gasteiger partial charge in [0.2, 0.25) is 10.0 Å². The first-order chi connectivity index (χ1) is 18.0. The van der Waals surface area contributed by atoms with E-state index in [9.17, 15) is 8.42 Å². The summed E-state index contributed by atoms with van der Waals surface area (Å²) in [5, 5.41) is 0. The number of hydrogen-bond acceptors (Lipinski definition) is 5. The zero-order chi connectivity index (χ0) is 26.7. The molecule has 1 aromatic rings. The molecule has 6 nitrogen and oxygen atoms in total. The van der Waals surface area contributed by atoms with Crippen LogP contribution in [0.2, 0.25) is 0 Å². The van der Waals surface area contributed by atoms with E-state index in [0.717, 1.165) is 66.9 Å². The van der Waals surface area contributed by atoms with Crippen LogP contribution in [-0.4, -0.2) is 46.6 Å². The molecule has 0 bridgehead atoms. The van der Waals surface area contributed by atoms with E-state index in [0.29, 0.717) is 23.5 Å². The topological polar surface area (TPSA) is 71.8 Å². The molecule has 0 saturated carbocycles. The molecule has 1 heterocycles. The monoisotopic (exact) mass is 528 g/mol. The SMILES string of the molecule is CCCCc1c(-c2ccc(OCCCN(CCCC)CCCC)cc2)c2coccc-2c1S(=O)(=O)NC. The number of unbranched alkanes of at least 4 members (excludes halogenated alkanes) is 3. The lowest BCUT2D eigenvalue weighted by Gasteiger charge is -2.21. The lowest BCUT2D eigenvalue weighted by Crippen LogP contribution is -2.28. The molecule has 0 radical (unpaired) electrons. The first kappa shape index (κ1) is 29.2. The van der Waals surface area contributed by atoms with Gasteiger partial charge < -0.3 is 14.1 Å². The van der Waals surface area contributed by atoms with Gasteiger partial charge in [-0.15, -0.1) is 0 Å². The van der Waals surface area contributed by atoms with Gasteiger partial charge in [0, 0.05) is 17.7 Å². The highest BCUT2D eigenvalue weighted by molar-refractivity contribution is 7.89. The molecule has 0 unspecified atom stereocenters. The molecule has 1 aliphatic carbocycles. The number of rotatable bonds is 17. The van der Waals surface area contributed by atoms with Gasteiger partial charge in [-0.25, -0.2) is 13.1 Å². The van der Waals surface area contributed by atoms with Gasteiger partial charge in [0.25, 0.3) is 0 Å². The maximum atomic E-state index is 13.0. The van der Waals surface area contributed by atoms with Crippen molar-refractivity contribution in [2.45, 2.75) is 77.0 Å². The number of ether oxygens (including phenoxy) is 1. The van der Waals surface area contributed by atoms with E-state index in [-0.39, 0.29) is 0 Å². The van der Waals surface area contributed by atoms with Crippen molar-refractivity contribution in [2.75, 3.05) is 33.3 Å². The smallest absolute Gasteiger partial charge is 0.241 e. The fourth-order valence-corrected chi connectivity index (χ4v) is 6.02. The lowest BCUT2D eigenvalue weighted by atomic mass is 9.98. The van der Waals surface area contributed by atoms with Gasteiger partial charge in [-0.1, -0.05) is 52.2 Å². The summed E-state index contributed by atoms with van der Waals surface area (Å²) in [6.45, 7) is 10.7. The fourth-order valence-electron chi connectivity index (χ4n) is 4.82. The Morgan fingerprint density at radius 1 is 0.865 bits per heavy atom. The third-order valence-corrected chi connectivity index (χ3v) is 8.42. The molecule has 37 heavy (non-hydrogen) atoms. The normalized spacial score (nSPS) is 12.0. The molecular formula is C30H44N2O4S. The average Bonchev–Trinajstić information content (AvgIpc) is 3.26. The van der Waals surface area contributed by atoms with Crippen molar-refractivity contribution in [1.82, 2.24) is 9.62 Å². The molecule has 0 aromatic heterocycles. The summed E-state index contributed by atoms with van der Waals surface area (Å²) < 4.78 is 40.2. The summed E-state index contributed by atoms with van der Waals surface area (Å²) >= 11 is 0. The molecule has 2 aliphatic rings. The standard InChI is InChI=1S/C30H44N2O4S/c1-5-8-12-27-29(28-23-35-22-17-26(28)30(27)37(33,34)31-4)24-13-15-25(16-14-24)36-21-11-20-32(18-9-6-2)19-10-7-3/h13-17,22-23,31H,5-12,18-21H2,1-4H3. The van der Waals surface area contributed by atoms with Gasteiger partial charge in [-0.3, -0.25) is 0 Å². The molecule has 0 atom stereocenters. The lowest BCUT2D eigenvalue weighted by molar-refractivity contribution is 0.229. The van der Waals surface area contributed by atoms with Gasteiger partial charge in [0.05, 0.1) is 24.0 Å². The molecule has 0 spiro atoms. The van der Waals surface area contributed by atoms with Crippen LogP contribution in [0.5, 0.6) is 5.75 Å². The summed E-state index contributed by atoms with van der Waals surface area (Å²) in [5.74, 6) is 0.830. The molecule has 0 fully saturated rings. The maximum Gasteiger partial charge on any atom is 0.241 e. The highest BCUT2D eigenvalue weighted by Gasteiger charge is 2.31. The highest BCUT2D eigenvalue weighted by atomic mass is 32.2. The van der Waals surface area contributed by atoms with Crippen molar-refractivity contribution in [3.63, 3.8) is 0 Å². The van der Waals surface area contributed by atoms with E-state index >= 15 is 0 Å². The molecular weight excluding hydrogens is 484 g/mol. The minimum atomic E-state index is -3.64. The molecule has 1 N–H and O–H groups in total. The van der Waals surface area contributed by atoms with E-state index in [1.54, 1.807) is 12.3 Å². The Bertz CT molecular complexity index is 1150. The van der Waals surface area contributed by atoms with E-state index in [1.807, 2.05) is 24.3 Å². The average molecular weight is 529 g/mol. The van der Waals surface area contributed by atoms with Gasteiger partial charge in [-0.2, -0.15) is 0 Å². The van der Waals surface area contributed by atoms with E-state index in [2.05, 4.69) is 30.4 Å². The molecule has 1 aliphatic heterocycles. The first-order valence-electron chi connectivity index (χ1n) is 13.9. The minimum Gasteiger partial charge on any atom is -0.494 e. The first-order valence-corrected chi connectivity index (χ1v) is 15.3. The Balaban J connectivity index is 1.78. The van der Waals surface area contributed by atoms with Crippen LogP contribution in [0.3, 0.4) is 0 Å². The van der Waals surface area contributed by atoms with Crippen molar-refractivity contribution in [1.29, 1.82) is 0 Å². The number of nitrogens with zero attached hydrogens (tertiary/aromatic N) is 1. The van der Waals surface area contributed by atoms with E-state index in [1.165, 1.54) is 39.0 Å². The van der Waals surface area contributed by atoms with Crippen molar-refractivity contribution < 1.29 is 17.6 Å². The maximum absolute atomic E-state index is 13.0. The third kappa shape index (κ3) is 7.59. The summed E-state index contributed by atoms with van der Waals surface area (Å²) in [6, 6.07) is 9.76. The second kappa shape index (κ2) is 14.6. The van der Waals surface area contributed by atoms with Gasteiger partial charge in [-0.05, 0) is 87.1 Å². The van der Waals surface area contributed by atoms with Crippen LogP contribution in [0, 0.1) is 0 Å². The Kier molecular flexibility index (Phi) is 11.5. The van der Waals surface area contributed by atoms with Crippen LogP contribution < -0.4 is 9.46 Å². The molecule has 1 aromatic carbocycles. The van der Waals surface area contributed by atoms with Crippen LogP contribution in [0.25, 0.3) is 22.3 Å². The Morgan fingerprint density at radius 2 is 1.51 bits per heavy atom. The van der Waals surface area contributed by atoms with E-state index in [4.69, 9.17) is 9.15 Å². The Hall–Kier alpha value is -2.35. The number of hydrogen-bond donors (Lipinski definition) is 1. The molecule has 3 rings (SSSR count). The summed E-state index contributed by atoms with van der Waals surface area (Å²) in [6.07, 6.45) is 11.7. The zero-order valence-electron chi connectivity index (χ0n) is 23.0. The van der Waals surface area contributed by atoms with Crippen LogP contribution in [0.1, 0.15) is 71.3 Å². The van der Waals surface area contributed by atoms with Crippen molar-refractivity contribution in [3.8, 4) is 28.0 Å². The quantitative estimate of drug-likeness (QED) is 0.192. The fraction of sp³-hybridized carbons (Fsp3) is 0.533. The molecule has 0 saturated heterocycles. The van der Waals surface area contributed by atoms with Gasteiger partial charge in [0.1, 0.15) is 5.75 Å². The summed E-state index contributed by atoms with van der Waals surface area (Å²) in [4.78, 5) is 2.92. The largest absolute Gasteiger partial charge is 0.494 e. The van der Waals surface area contributed by atoms with Crippen molar-refractivity contribution >= 4 is 10.0 Å². The number of nitrogens with one attached hydrogen (secondary N) is 1. The summed E-state index contributed by atoms with van der Waals surface area (Å²) in [7, 11) is -2.17. The Labute approximate surface area is 223 Å². The predicted molar refractivity (Wildman–Crippen MR) is 152 cm³/mol. The van der Waals surface area contributed by atoms with Gasteiger partial charge in [0.15, 0.2) is 0 Å². The van der Waals surface area contributed by atoms with Crippen LogP contribution >= 0.6 is 0 Å². The van der Waals surface area contributed by atoms with Gasteiger partial charge >= 0.3 is 0 Å². The molecule has 0 amide bonds. The predicted octanol–water partition coefficient (Wildman–Crippen LogP) is 6.97. The van der Waals surface area contributed by atoms with E-state index < -0.39 is 10.0 Å². The Morgan fingerprint density at radius 3 is 2.14 bits per heavy atom. The van der Waals surface area contributed by atoms with Crippen LogP contribution in [0.15, 0.2) is 52.2 Å². The number of fused-ring (bicyclic) bond motifs is 1. The second-order valence-electron chi connectivity index (χ2n) is 9.65. The minimum absolute atomic E-state index is 0.361. The van der Waals surface area contributed by atoms with Crippen molar-refractivity contribution in [2.24, 2.45) is 0 Å². The molecule has 7 heteroatoms. The third-order valence-electron chi connectivity index (χ3n) is 6.88. The van der Waals surface area contributed by atoms with Crippen molar-refractivity contribution in [3.05, 3.63) is 48.4 Å². The zero-order valence-corrected chi connectivity index (χ0v) is 23.8. The number of sulfonamides is 1.